The van der Waals surface area contributed by atoms with Crippen LogP contribution in [0.25, 0.3) is 0 Å². The van der Waals surface area contributed by atoms with E-state index >= 15 is 0 Å². The molecule has 0 atom stereocenters. The fraction of sp³-hybridized carbons (Fsp3) is 0.235. The Morgan fingerprint density at radius 3 is 2.45 bits per heavy atom. The molecule has 114 valence electrons. The SMILES string of the molecule is CC1(C)COC(c2c(F)cccc2Sc2ccc(F)cc2)=N1. The van der Waals surface area contributed by atoms with Gasteiger partial charge in [-0.2, -0.15) is 0 Å². The van der Waals surface area contributed by atoms with Crippen LogP contribution < -0.4 is 0 Å². The Kier molecular flexibility index (Phi) is 3.91. The van der Waals surface area contributed by atoms with E-state index in [1.807, 2.05) is 19.9 Å². The third-order valence-electron chi connectivity index (χ3n) is 3.20. The van der Waals surface area contributed by atoms with Crippen LogP contribution in [0.5, 0.6) is 0 Å². The minimum atomic E-state index is -0.372. The van der Waals surface area contributed by atoms with E-state index in [0.29, 0.717) is 23.0 Å². The van der Waals surface area contributed by atoms with Gasteiger partial charge in [0.05, 0.1) is 11.1 Å². The zero-order valence-electron chi connectivity index (χ0n) is 12.3. The highest BCUT2D eigenvalue weighted by Gasteiger charge is 2.30. The number of ether oxygens (including phenoxy) is 1. The molecule has 1 aliphatic rings. The van der Waals surface area contributed by atoms with Crippen molar-refractivity contribution in [2.75, 3.05) is 6.61 Å². The Morgan fingerprint density at radius 1 is 1.09 bits per heavy atom. The van der Waals surface area contributed by atoms with Crippen LogP contribution in [0.3, 0.4) is 0 Å². The Hall–Kier alpha value is -1.88. The molecule has 0 saturated carbocycles. The average Bonchev–Trinajstić information content (AvgIpc) is 2.81. The predicted octanol–water partition coefficient (Wildman–Crippen LogP) is 4.67. The van der Waals surface area contributed by atoms with Gasteiger partial charge in [-0.05, 0) is 50.2 Å². The van der Waals surface area contributed by atoms with Gasteiger partial charge < -0.3 is 4.74 Å². The molecule has 1 heterocycles. The monoisotopic (exact) mass is 319 g/mol. The summed E-state index contributed by atoms with van der Waals surface area (Å²) < 4.78 is 32.8. The highest BCUT2D eigenvalue weighted by atomic mass is 32.2. The fourth-order valence-electron chi connectivity index (χ4n) is 2.14. The summed E-state index contributed by atoms with van der Waals surface area (Å²) in [7, 11) is 0. The van der Waals surface area contributed by atoms with Crippen molar-refractivity contribution in [1.29, 1.82) is 0 Å². The predicted molar refractivity (Wildman–Crippen MR) is 83.5 cm³/mol. The number of rotatable bonds is 3. The van der Waals surface area contributed by atoms with Crippen LogP contribution in [0.1, 0.15) is 19.4 Å². The minimum Gasteiger partial charge on any atom is -0.475 e. The number of aliphatic imine (C=N–C) groups is 1. The maximum atomic E-state index is 14.3. The van der Waals surface area contributed by atoms with E-state index in [1.165, 1.54) is 30.0 Å². The van der Waals surface area contributed by atoms with E-state index in [4.69, 9.17) is 4.74 Å². The lowest BCUT2D eigenvalue weighted by Crippen LogP contribution is -2.17. The highest BCUT2D eigenvalue weighted by Crippen LogP contribution is 2.34. The third kappa shape index (κ3) is 3.14. The largest absolute Gasteiger partial charge is 0.475 e. The first-order valence-electron chi connectivity index (χ1n) is 6.90. The molecule has 2 nitrogen and oxygen atoms in total. The van der Waals surface area contributed by atoms with Crippen molar-refractivity contribution >= 4 is 17.7 Å². The van der Waals surface area contributed by atoms with Crippen LogP contribution in [-0.4, -0.2) is 18.0 Å². The number of benzene rings is 2. The molecule has 0 unspecified atom stereocenters. The molecule has 0 spiro atoms. The summed E-state index contributed by atoms with van der Waals surface area (Å²) in [5, 5.41) is 0. The quantitative estimate of drug-likeness (QED) is 0.820. The summed E-state index contributed by atoms with van der Waals surface area (Å²) in [4.78, 5) is 5.97. The van der Waals surface area contributed by atoms with Crippen LogP contribution in [0, 0.1) is 11.6 Å². The lowest BCUT2D eigenvalue weighted by molar-refractivity contribution is 0.278. The Labute approximate surface area is 132 Å². The Morgan fingerprint density at radius 2 is 1.82 bits per heavy atom. The lowest BCUT2D eigenvalue weighted by atomic mass is 10.1. The van der Waals surface area contributed by atoms with E-state index in [2.05, 4.69) is 4.99 Å². The van der Waals surface area contributed by atoms with Crippen molar-refractivity contribution in [3.05, 3.63) is 59.7 Å². The number of nitrogens with zero attached hydrogens (tertiary/aromatic N) is 1. The van der Waals surface area contributed by atoms with Crippen LogP contribution in [0.15, 0.2) is 57.2 Å². The van der Waals surface area contributed by atoms with Crippen LogP contribution in [-0.2, 0) is 4.74 Å². The fourth-order valence-corrected chi connectivity index (χ4v) is 3.10. The normalized spacial score (nSPS) is 16.3. The van der Waals surface area contributed by atoms with Crippen LogP contribution in [0.4, 0.5) is 8.78 Å². The second kappa shape index (κ2) is 5.72. The van der Waals surface area contributed by atoms with Crippen LogP contribution >= 0.6 is 11.8 Å². The molecule has 0 amide bonds. The van der Waals surface area contributed by atoms with Gasteiger partial charge in [-0.15, -0.1) is 0 Å². The van der Waals surface area contributed by atoms with Gasteiger partial charge in [-0.1, -0.05) is 17.8 Å². The highest BCUT2D eigenvalue weighted by molar-refractivity contribution is 7.99. The van der Waals surface area contributed by atoms with Crippen molar-refractivity contribution in [2.45, 2.75) is 29.2 Å². The van der Waals surface area contributed by atoms with Crippen molar-refractivity contribution in [3.8, 4) is 0 Å². The summed E-state index contributed by atoms with van der Waals surface area (Å²) in [5.41, 5.74) is 0.0116. The molecule has 0 aromatic heterocycles. The van der Waals surface area contributed by atoms with Gasteiger partial charge in [-0.3, -0.25) is 0 Å². The molecule has 0 saturated heterocycles. The van der Waals surface area contributed by atoms with Gasteiger partial charge in [0.2, 0.25) is 5.90 Å². The topological polar surface area (TPSA) is 21.6 Å². The molecule has 5 heteroatoms. The molecule has 0 aliphatic carbocycles. The summed E-state index contributed by atoms with van der Waals surface area (Å²) >= 11 is 1.36. The summed E-state index contributed by atoms with van der Waals surface area (Å²) in [6, 6.07) is 10.9. The molecule has 0 N–H and O–H groups in total. The molecular formula is C17H15F2NOS. The smallest absolute Gasteiger partial charge is 0.221 e. The van der Waals surface area contributed by atoms with E-state index in [0.717, 1.165) is 4.90 Å². The first-order valence-corrected chi connectivity index (χ1v) is 7.71. The van der Waals surface area contributed by atoms with Gasteiger partial charge in [0, 0.05) is 9.79 Å². The van der Waals surface area contributed by atoms with Crippen molar-refractivity contribution < 1.29 is 13.5 Å². The van der Waals surface area contributed by atoms with Gasteiger partial charge in [-0.25, -0.2) is 13.8 Å². The summed E-state index contributed by atoms with van der Waals surface area (Å²) in [5.74, 6) is -0.342. The standard InChI is InChI=1S/C17H15F2NOS/c1-17(2)10-21-16(20-17)15-13(19)4-3-5-14(15)22-12-8-6-11(18)7-9-12/h3-9H,10H2,1-2H3. The van der Waals surface area contributed by atoms with Gasteiger partial charge in [0.25, 0.3) is 0 Å². The van der Waals surface area contributed by atoms with Crippen LogP contribution in [0.2, 0.25) is 0 Å². The Bertz CT molecular complexity index is 726. The van der Waals surface area contributed by atoms with Gasteiger partial charge in [0.15, 0.2) is 0 Å². The van der Waals surface area contributed by atoms with Gasteiger partial charge >= 0.3 is 0 Å². The van der Waals surface area contributed by atoms with E-state index in [1.54, 1.807) is 18.2 Å². The molecule has 22 heavy (non-hydrogen) atoms. The molecule has 2 aromatic carbocycles. The molecule has 0 fully saturated rings. The second-order valence-corrected chi connectivity index (χ2v) is 6.80. The van der Waals surface area contributed by atoms with E-state index in [-0.39, 0.29) is 17.2 Å². The maximum absolute atomic E-state index is 14.3. The molecule has 1 aliphatic heterocycles. The van der Waals surface area contributed by atoms with Crippen molar-refractivity contribution in [2.24, 2.45) is 4.99 Å². The third-order valence-corrected chi connectivity index (χ3v) is 4.27. The number of halogens is 2. The van der Waals surface area contributed by atoms with E-state index in [9.17, 15) is 8.78 Å². The number of hydrogen-bond acceptors (Lipinski definition) is 3. The first-order chi connectivity index (χ1) is 10.4. The summed E-state index contributed by atoms with van der Waals surface area (Å²) in [6.45, 7) is 4.30. The summed E-state index contributed by atoms with van der Waals surface area (Å²) in [6.07, 6.45) is 0. The van der Waals surface area contributed by atoms with E-state index < -0.39 is 0 Å². The van der Waals surface area contributed by atoms with Crippen molar-refractivity contribution in [1.82, 2.24) is 0 Å². The molecule has 3 rings (SSSR count). The zero-order chi connectivity index (χ0) is 15.7. The molecule has 0 bridgehead atoms. The lowest BCUT2D eigenvalue weighted by Gasteiger charge is -2.10. The minimum absolute atomic E-state index is 0.297. The van der Waals surface area contributed by atoms with Crippen molar-refractivity contribution in [3.63, 3.8) is 0 Å². The second-order valence-electron chi connectivity index (χ2n) is 5.69. The first kappa shape index (κ1) is 15.0. The molecular weight excluding hydrogens is 304 g/mol. The maximum Gasteiger partial charge on any atom is 0.221 e. The average molecular weight is 319 g/mol. The Balaban J connectivity index is 1.99. The molecule has 2 aromatic rings. The number of hydrogen-bond donors (Lipinski definition) is 0. The zero-order valence-corrected chi connectivity index (χ0v) is 13.1. The molecule has 0 radical (unpaired) electrons. The van der Waals surface area contributed by atoms with Gasteiger partial charge in [0.1, 0.15) is 18.2 Å².